The summed E-state index contributed by atoms with van der Waals surface area (Å²) >= 11 is 0. The maximum atomic E-state index is 12.0. The standard InChI is InChI=1S/C17H23NO2/c1-2-3-4-5-6-7-11-14-16(18)13-10-8-9-12-15(13)20-17(14)19/h8-10,12H,2-7,11,18H2,1H3. The molecule has 0 bridgehead atoms. The lowest BCUT2D eigenvalue weighted by molar-refractivity contribution is 0.543. The fraction of sp³-hybridized carbons (Fsp3) is 0.471. The van der Waals surface area contributed by atoms with E-state index < -0.39 is 0 Å². The van der Waals surface area contributed by atoms with Crippen LogP contribution < -0.4 is 11.4 Å². The summed E-state index contributed by atoms with van der Waals surface area (Å²) in [5.41, 5.74) is 7.64. The van der Waals surface area contributed by atoms with Crippen LogP contribution in [-0.4, -0.2) is 0 Å². The highest BCUT2D eigenvalue weighted by molar-refractivity contribution is 5.89. The molecular weight excluding hydrogens is 250 g/mol. The summed E-state index contributed by atoms with van der Waals surface area (Å²) in [5.74, 6) is 0. The van der Waals surface area contributed by atoms with Gasteiger partial charge in [-0.15, -0.1) is 0 Å². The van der Waals surface area contributed by atoms with E-state index >= 15 is 0 Å². The average Bonchev–Trinajstić information content (AvgIpc) is 2.45. The third kappa shape index (κ3) is 3.41. The average molecular weight is 273 g/mol. The van der Waals surface area contributed by atoms with Gasteiger partial charge < -0.3 is 10.2 Å². The van der Waals surface area contributed by atoms with Gasteiger partial charge in [-0.25, -0.2) is 4.79 Å². The molecular formula is C17H23NO2. The van der Waals surface area contributed by atoms with Crippen LogP contribution in [0.5, 0.6) is 0 Å². The fourth-order valence-corrected chi connectivity index (χ4v) is 2.53. The molecule has 2 aromatic rings. The van der Waals surface area contributed by atoms with Crippen molar-refractivity contribution in [3.8, 4) is 0 Å². The quantitative estimate of drug-likeness (QED) is 0.605. The highest BCUT2D eigenvalue weighted by atomic mass is 16.4. The monoisotopic (exact) mass is 273 g/mol. The van der Waals surface area contributed by atoms with Gasteiger partial charge >= 0.3 is 5.63 Å². The van der Waals surface area contributed by atoms with Crippen molar-refractivity contribution in [2.45, 2.75) is 51.9 Å². The van der Waals surface area contributed by atoms with Crippen molar-refractivity contribution >= 4 is 16.7 Å². The highest BCUT2D eigenvalue weighted by Gasteiger charge is 2.11. The molecule has 0 unspecified atom stereocenters. The summed E-state index contributed by atoms with van der Waals surface area (Å²) in [4.78, 5) is 12.0. The van der Waals surface area contributed by atoms with E-state index in [4.69, 9.17) is 10.2 Å². The van der Waals surface area contributed by atoms with Gasteiger partial charge in [0.25, 0.3) is 0 Å². The molecule has 0 aliphatic carbocycles. The van der Waals surface area contributed by atoms with Crippen LogP contribution in [0.3, 0.4) is 0 Å². The Labute approximate surface area is 119 Å². The zero-order valence-electron chi connectivity index (χ0n) is 12.2. The zero-order chi connectivity index (χ0) is 14.4. The van der Waals surface area contributed by atoms with Crippen LogP contribution >= 0.6 is 0 Å². The minimum absolute atomic E-state index is 0.283. The molecule has 0 aliphatic rings. The van der Waals surface area contributed by atoms with Crippen molar-refractivity contribution in [1.29, 1.82) is 0 Å². The minimum Gasteiger partial charge on any atom is -0.422 e. The molecule has 0 spiro atoms. The van der Waals surface area contributed by atoms with Gasteiger partial charge in [-0.1, -0.05) is 51.2 Å². The van der Waals surface area contributed by atoms with Crippen molar-refractivity contribution in [3.63, 3.8) is 0 Å². The number of hydrogen-bond donors (Lipinski definition) is 1. The summed E-state index contributed by atoms with van der Waals surface area (Å²) in [5, 5.41) is 0.841. The lowest BCUT2D eigenvalue weighted by Crippen LogP contribution is -2.11. The third-order valence-corrected chi connectivity index (χ3v) is 3.73. The van der Waals surface area contributed by atoms with Crippen LogP contribution in [0.1, 0.15) is 51.0 Å². The van der Waals surface area contributed by atoms with E-state index in [1.807, 2.05) is 18.2 Å². The summed E-state index contributed by atoms with van der Waals surface area (Å²) < 4.78 is 5.33. The van der Waals surface area contributed by atoms with Crippen molar-refractivity contribution in [3.05, 3.63) is 40.2 Å². The molecule has 3 heteroatoms. The number of unbranched alkanes of at least 4 members (excludes halogenated alkanes) is 5. The molecule has 0 saturated heterocycles. The molecule has 2 rings (SSSR count). The second-order valence-electron chi connectivity index (χ2n) is 5.30. The van der Waals surface area contributed by atoms with Crippen LogP contribution in [0.25, 0.3) is 11.0 Å². The maximum absolute atomic E-state index is 12.0. The largest absolute Gasteiger partial charge is 0.422 e. The summed E-state index contributed by atoms with van der Waals surface area (Å²) in [6, 6.07) is 7.44. The first kappa shape index (κ1) is 14.6. The number of benzene rings is 1. The number of anilines is 1. The van der Waals surface area contributed by atoms with Crippen LogP contribution in [0.4, 0.5) is 5.69 Å². The van der Waals surface area contributed by atoms with Gasteiger partial charge in [0, 0.05) is 5.39 Å². The van der Waals surface area contributed by atoms with Crippen molar-refractivity contribution < 1.29 is 4.42 Å². The topological polar surface area (TPSA) is 56.2 Å². The smallest absolute Gasteiger partial charge is 0.341 e. The summed E-state index contributed by atoms with van der Waals surface area (Å²) in [7, 11) is 0. The minimum atomic E-state index is -0.283. The molecule has 2 N–H and O–H groups in total. The Morgan fingerprint density at radius 3 is 2.55 bits per heavy atom. The van der Waals surface area contributed by atoms with E-state index in [0.717, 1.165) is 18.2 Å². The van der Waals surface area contributed by atoms with E-state index in [1.165, 1.54) is 25.7 Å². The molecule has 0 atom stereocenters. The molecule has 0 aliphatic heterocycles. The van der Waals surface area contributed by atoms with Gasteiger partial charge in [-0.2, -0.15) is 0 Å². The highest BCUT2D eigenvalue weighted by Crippen LogP contribution is 2.23. The van der Waals surface area contributed by atoms with Gasteiger partial charge in [-0.05, 0) is 25.0 Å². The SMILES string of the molecule is CCCCCCCCc1c(N)c2ccccc2oc1=O. The van der Waals surface area contributed by atoms with E-state index in [9.17, 15) is 4.79 Å². The van der Waals surface area contributed by atoms with Crippen LogP contribution in [0.15, 0.2) is 33.5 Å². The molecule has 108 valence electrons. The first-order valence-corrected chi connectivity index (χ1v) is 7.54. The number of para-hydroxylation sites is 1. The molecule has 0 amide bonds. The lowest BCUT2D eigenvalue weighted by atomic mass is 10.0. The van der Waals surface area contributed by atoms with E-state index in [0.29, 0.717) is 23.3 Å². The number of hydrogen-bond acceptors (Lipinski definition) is 3. The van der Waals surface area contributed by atoms with Crippen LogP contribution in [0.2, 0.25) is 0 Å². The second kappa shape index (κ2) is 7.13. The lowest BCUT2D eigenvalue weighted by Gasteiger charge is -2.07. The molecule has 20 heavy (non-hydrogen) atoms. The Kier molecular flexibility index (Phi) is 5.22. The Morgan fingerprint density at radius 1 is 1.05 bits per heavy atom. The van der Waals surface area contributed by atoms with E-state index in [1.54, 1.807) is 6.07 Å². The molecule has 0 radical (unpaired) electrons. The van der Waals surface area contributed by atoms with E-state index in [-0.39, 0.29) is 5.63 Å². The Morgan fingerprint density at radius 2 is 1.75 bits per heavy atom. The second-order valence-corrected chi connectivity index (χ2v) is 5.30. The van der Waals surface area contributed by atoms with Gasteiger partial charge in [0.15, 0.2) is 0 Å². The molecule has 1 aromatic heterocycles. The zero-order valence-corrected chi connectivity index (χ0v) is 12.2. The first-order chi connectivity index (χ1) is 9.74. The summed E-state index contributed by atoms with van der Waals surface area (Å²) in [6.07, 6.45) is 7.90. The normalized spacial score (nSPS) is 11.1. The molecule has 1 heterocycles. The number of fused-ring (bicyclic) bond motifs is 1. The Bertz CT molecular complexity index is 616. The molecule has 3 nitrogen and oxygen atoms in total. The Hall–Kier alpha value is -1.77. The maximum Gasteiger partial charge on any atom is 0.341 e. The molecule has 1 aromatic carbocycles. The Balaban J connectivity index is 2.05. The predicted molar refractivity (Wildman–Crippen MR) is 84.0 cm³/mol. The van der Waals surface area contributed by atoms with Crippen molar-refractivity contribution in [2.24, 2.45) is 0 Å². The number of nitrogens with two attached hydrogens (primary N) is 1. The van der Waals surface area contributed by atoms with Crippen LogP contribution in [-0.2, 0) is 6.42 Å². The van der Waals surface area contributed by atoms with E-state index in [2.05, 4.69) is 6.92 Å². The predicted octanol–water partition coefficient (Wildman–Crippen LogP) is 4.28. The first-order valence-electron chi connectivity index (χ1n) is 7.54. The van der Waals surface area contributed by atoms with Crippen LogP contribution in [0, 0.1) is 0 Å². The van der Waals surface area contributed by atoms with Gasteiger partial charge in [0.1, 0.15) is 5.58 Å². The molecule has 0 fully saturated rings. The van der Waals surface area contributed by atoms with Gasteiger partial charge in [-0.3, -0.25) is 0 Å². The summed E-state index contributed by atoms with van der Waals surface area (Å²) in [6.45, 7) is 2.21. The van der Waals surface area contributed by atoms with Crippen molar-refractivity contribution in [1.82, 2.24) is 0 Å². The van der Waals surface area contributed by atoms with Crippen molar-refractivity contribution in [2.75, 3.05) is 5.73 Å². The molecule has 0 saturated carbocycles. The van der Waals surface area contributed by atoms with Gasteiger partial charge in [0.2, 0.25) is 0 Å². The fourth-order valence-electron chi connectivity index (χ4n) is 2.53. The number of rotatable bonds is 7. The van der Waals surface area contributed by atoms with Gasteiger partial charge in [0.05, 0.1) is 11.3 Å². The number of nitrogen functional groups attached to an aromatic ring is 1. The third-order valence-electron chi connectivity index (χ3n) is 3.73.